The van der Waals surface area contributed by atoms with Crippen LogP contribution >= 0.6 is 11.6 Å². The molecule has 0 radical (unpaired) electrons. The van der Waals surface area contributed by atoms with Crippen molar-refractivity contribution in [3.8, 4) is 0 Å². The number of piperazine rings is 1. The fourth-order valence-electron chi connectivity index (χ4n) is 2.40. The normalized spacial score (nSPS) is 17.6. The molecule has 7 heteroatoms. The third-order valence-electron chi connectivity index (χ3n) is 3.37. The standard InChI is InChI=1S/C13H16ClF3N2O/c14-11-2-1-3-12(10(11)8-20)19-6-4-18(5-7-19)9-13(15,16)17/h1-3,20H,4-9H2. The van der Waals surface area contributed by atoms with Gasteiger partial charge in [0.25, 0.3) is 0 Å². The zero-order chi connectivity index (χ0) is 14.8. The van der Waals surface area contributed by atoms with Crippen LogP contribution in [-0.2, 0) is 6.61 Å². The van der Waals surface area contributed by atoms with Crippen molar-refractivity contribution >= 4 is 17.3 Å². The van der Waals surface area contributed by atoms with Crippen LogP contribution in [0.25, 0.3) is 0 Å². The highest BCUT2D eigenvalue weighted by molar-refractivity contribution is 6.31. The minimum absolute atomic E-state index is 0.183. The van der Waals surface area contributed by atoms with Crippen LogP contribution in [0.3, 0.4) is 0 Å². The maximum Gasteiger partial charge on any atom is 0.401 e. The van der Waals surface area contributed by atoms with Crippen molar-refractivity contribution in [1.82, 2.24) is 4.90 Å². The molecule has 1 heterocycles. The highest BCUT2D eigenvalue weighted by Gasteiger charge is 2.32. The summed E-state index contributed by atoms with van der Waals surface area (Å²) in [4.78, 5) is 3.35. The highest BCUT2D eigenvalue weighted by atomic mass is 35.5. The number of alkyl halides is 3. The molecule has 0 amide bonds. The second-order valence-electron chi connectivity index (χ2n) is 4.77. The van der Waals surface area contributed by atoms with E-state index in [2.05, 4.69) is 0 Å². The van der Waals surface area contributed by atoms with E-state index in [0.29, 0.717) is 36.8 Å². The Hall–Kier alpha value is -0.980. The summed E-state index contributed by atoms with van der Waals surface area (Å²) in [5, 5.41) is 9.84. The second-order valence-corrected chi connectivity index (χ2v) is 5.18. The minimum Gasteiger partial charge on any atom is -0.392 e. The summed E-state index contributed by atoms with van der Waals surface area (Å²) in [5.74, 6) is 0. The molecular formula is C13H16ClF3N2O. The fourth-order valence-corrected chi connectivity index (χ4v) is 2.63. The summed E-state index contributed by atoms with van der Waals surface area (Å²) < 4.78 is 37.0. The topological polar surface area (TPSA) is 26.7 Å². The summed E-state index contributed by atoms with van der Waals surface area (Å²) in [5.41, 5.74) is 1.42. The molecule has 0 saturated carbocycles. The van der Waals surface area contributed by atoms with Gasteiger partial charge in [-0.25, -0.2) is 0 Å². The van der Waals surface area contributed by atoms with Crippen LogP contribution in [0.1, 0.15) is 5.56 Å². The molecule has 1 aromatic carbocycles. The van der Waals surface area contributed by atoms with Crippen molar-refractivity contribution in [2.45, 2.75) is 12.8 Å². The lowest BCUT2D eigenvalue weighted by molar-refractivity contribution is -0.146. The number of rotatable bonds is 3. The molecule has 0 atom stereocenters. The molecule has 112 valence electrons. The number of anilines is 1. The first-order valence-corrected chi connectivity index (χ1v) is 6.71. The summed E-state index contributed by atoms with van der Waals surface area (Å²) in [6.45, 7) is 0.613. The first-order chi connectivity index (χ1) is 9.40. The summed E-state index contributed by atoms with van der Waals surface area (Å²) in [7, 11) is 0. The van der Waals surface area contributed by atoms with E-state index >= 15 is 0 Å². The number of hydrogen-bond acceptors (Lipinski definition) is 3. The Bertz CT molecular complexity index is 459. The second kappa shape index (κ2) is 6.20. The Balaban J connectivity index is 2.02. The minimum atomic E-state index is -4.16. The molecule has 0 aliphatic carbocycles. The Labute approximate surface area is 120 Å². The number of aliphatic hydroxyl groups excluding tert-OH is 1. The lowest BCUT2D eigenvalue weighted by atomic mass is 10.1. The lowest BCUT2D eigenvalue weighted by Crippen LogP contribution is -2.49. The molecule has 20 heavy (non-hydrogen) atoms. The average Bonchev–Trinajstić information content (AvgIpc) is 2.37. The highest BCUT2D eigenvalue weighted by Crippen LogP contribution is 2.28. The Morgan fingerprint density at radius 3 is 2.35 bits per heavy atom. The Kier molecular flexibility index (Phi) is 4.78. The van der Waals surface area contributed by atoms with Crippen LogP contribution in [0.15, 0.2) is 18.2 Å². The number of benzene rings is 1. The van der Waals surface area contributed by atoms with Crippen LogP contribution < -0.4 is 4.90 Å². The van der Waals surface area contributed by atoms with Crippen molar-refractivity contribution in [3.63, 3.8) is 0 Å². The van der Waals surface area contributed by atoms with Crippen LogP contribution in [0.4, 0.5) is 18.9 Å². The van der Waals surface area contributed by atoms with Gasteiger partial charge >= 0.3 is 6.18 Å². The van der Waals surface area contributed by atoms with E-state index in [1.165, 1.54) is 4.90 Å². The van der Waals surface area contributed by atoms with Gasteiger partial charge in [-0.2, -0.15) is 13.2 Å². The van der Waals surface area contributed by atoms with Crippen LogP contribution in [0.2, 0.25) is 5.02 Å². The maximum atomic E-state index is 12.3. The van der Waals surface area contributed by atoms with Crippen molar-refractivity contribution in [3.05, 3.63) is 28.8 Å². The fraction of sp³-hybridized carbons (Fsp3) is 0.538. The molecule has 0 spiro atoms. The van der Waals surface area contributed by atoms with Gasteiger partial charge in [0.2, 0.25) is 0 Å². The molecule has 1 aliphatic rings. The number of aliphatic hydroxyl groups is 1. The van der Waals surface area contributed by atoms with E-state index in [4.69, 9.17) is 11.6 Å². The first-order valence-electron chi connectivity index (χ1n) is 6.33. The SMILES string of the molecule is OCc1c(Cl)cccc1N1CCN(CC(F)(F)F)CC1. The molecule has 1 aromatic rings. The third kappa shape index (κ3) is 3.77. The molecule has 3 nitrogen and oxygen atoms in total. The van der Waals surface area contributed by atoms with E-state index in [1.807, 2.05) is 11.0 Å². The molecule has 1 N–H and O–H groups in total. The molecular weight excluding hydrogens is 293 g/mol. The molecule has 1 fully saturated rings. The third-order valence-corrected chi connectivity index (χ3v) is 3.72. The van der Waals surface area contributed by atoms with Gasteiger partial charge in [0.05, 0.1) is 13.2 Å². The van der Waals surface area contributed by atoms with Crippen molar-refractivity contribution in [2.75, 3.05) is 37.6 Å². The quantitative estimate of drug-likeness (QED) is 0.929. The zero-order valence-electron chi connectivity index (χ0n) is 10.8. The Morgan fingerprint density at radius 2 is 1.80 bits per heavy atom. The van der Waals surface area contributed by atoms with Crippen LogP contribution in [0, 0.1) is 0 Å². The Morgan fingerprint density at radius 1 is 1.15 bits per heavy atom. The van der Waals surface area contributed by atoms with Crippen molar-refractivity contribution in [1.29, 1.82) is 0 Å². The monoisotopic (exact) mass is 308 g/mol. The van der Waals surface area contributed by atoms with Gasteiger partial charge in [-0.05, 0) is 12.1 Å². The molecule has 1 saturated heterocycles. The van der Waals surface area contributed by atoms with Crippen LogP contribution in [0.5, 0.6) is 0 Å². The van der Waals surface area contributed by atoms with E-state index in [0.717, 1.165) is 5.69 Å². The largest absolute Gasteiger partial charge is 0.401 e. The van der Waals surface area contributed by atoms with Crippen LogP contribution in [-0.4, -0.2) is 48.9 Å². The summed E-state index contributed by atoms with van der Waals surface area (Å²) >= 11 is 6.02. The molecule has 0 unspecified atom stereocenters. The van der Waals surface area contributed by atoms with Crippen molar-refractivity contribution in [2.24, 2.45) is 0 Å². The summed E-state index contributed by atoms with van der Waals surface area (Å²) in [6, 6.07) is 5.30. The lowest BCUT2D eigenvalue weighted by Gasteiger charge is -2.37. The average molecular weight is 309 g/mol. The van der Waals surface area contributed by atoms with Gasteiger partial charge in [0, 0.05) is 42.5 Å². The van der Waals surface area contributed by atoms with Gasteiger partial charge < -0.3 is 10.0 Å². The smallest absolute Gasteiger partial charge is 0.392 e. The van der Waals surface area contributed by atoms with E-state index < -0.39 is 12.7 Å². The van der Waals surface area contributed by atoms with E-state index in [1.54, 1.807) is 12.1 Å². The molecule has 2 rings (SSSR count). The maximum absolute atomic E-state index is 12.3. The molecule has 0 aromatic heterocycles. The molecule has 1 aliphatic heterocycles. The van der Waals surface area contributed by atoms with Gasteiger partial charge in [-0.3, -0.25) is 4.90 Å². The number of halogens is 4. The molecule has 0 bridgehead atoms. The van der Waals surface area contributed by atoms with Gasteiger partial charge in [0.1, 0.15) is 0 Å². The van der Waals surface area contributed by atoms with Crippen molar-refractivity contribution < 1.29 is 18.3 Å². The number of hydrogen-bond donors (Lipinski definition) is 1. The van der Waals surface area contributed by atoms with Gasteiger partial charge in [-0.15, -0.1) is 0 Å². The number of nitrogens with zero attached hydrogens (tertiary/aromatic N) is 2. The predicted octanol–water partition coefficient (Wildman–Crippen LogP) is 2.52. The van der Waals surface area contributed by atoms with Gasteiger partial charge in [0.15, 0.2) is 0 Å². The first kappa shape index (κ1) is 15.4. The van der Waals surface area contributed by atoms with E-state index in [9.17, 15) is 18.3 Å². The van der Waals surface area contributed by atoms with Gasteiger partial charge in [-0.1, -0.05) is 17.7 Å². The summed E-state index contributed by atoms with van der Waals surface area (Å²) in [6.07, 6.45) is -4.16. The van der Waals surface area contributed by atoms with E-state index in [-0.39, 0.29) is 6.61 Å². The zero-order valence-corrected chi connectivity index (χ0v) is 11.6. The predicted molar refractivity (Wildman–Crippen MR) is 72.1 cm³/mol.